The zero-order chi connectivity index (χ0) is 16.9. The number of nitrogens with one attached hydrogen (secondary N) is 1. The van der Waals surface area contributed by atoms with Crippen molar-refractivity contribution in [2.24, 2.45) is 0 Å². The fourth-order valence-corrected chi connectivity index (χ4v) is 2.49. The first kappa shape index (κ1) is 16.1. The van der Waals surface area contributed by atoms with Crippen molar-refractivity contribution in [2.45, 2.75) is 26.7 Å². The van der Waals surface area contributed by atoms with Gasteiger partial charge in [0.1, 0.15) is 0 Å². The van der Waals surface area contributed by atoms with E-state index in [1.165, 1.54) is 0 Å². The Morgan fingerprint density at radius 1 is 1.04 bits per heavy atom. The van der Waals surface area contributed by atoms with E-state index in [1.54, 1.807) is 18.3 Å². The fraction of sp³-hybridized carbons (Fsp3) is 0.263. The summed E-state index contributed by atoms with van der Waals surface area (Å²) >= 11 is 0. The second-order valence-corrected chi connectivity index (χ2v) is 5.78. The summed E-state index contributed by atoms with van der Waals surface area (Å²) < 4.78 is 0. The van der Waals surface area contributed by atoms with Crippen molar-refractivity contribution in [3.05, 3.63) is 65.2 Å². The number of aromatic nitrogens is 3. The van der Waals surface area contributed by atoms with Gasteiger partial charge in [0.25, 0.3) is 5.91 Å². The molecule has 3 aromatic rings. The summed E-state index contributed by atoms with van der Waals surface area (Å²) in [6.07, 6.45) is 3.49. The van der Waals surface area contributed by atoms with Crippen molar-refractivity contribution < 1.29 is 4.79 Å². The molecule has 1 aromatic carbocycles. The first-order chi connectivity index (χ1) is 11.6. The highest BCUT2D eigenvalue weighted by atomic mass is 16.1. The van der Waals surface area contributed by atoms with Gasteiger partial charge in [-0.15, -0.1) is 0 Å². The minimum Gasteiger partial charge on any atom is -0.352 e. The predicted molar refractivity (Wildman–Crippen MR) is 93.9 cm³/mol. The van der Waals surface area contributed by atoms with Crippen LogP contribution in [0.4, 0.5) is 0 Å². The minimum atomic E-state index is -0.0852. The third kappa shape index (κ3) is 3.74. The molecule has 0 atom stereocenters. The maximum atomic E-state index is 12.3. The molecule has 0 spiro atoms. The Hall–Kier alpha value is -2.82. The van der Waals surface area contributed by atoms with Crippen molar-refractivity contribution >= 4 is 16.9 Å². The second kappa shape index (κ2) is 7.17. The first-order valence-electron chi connectivity index (χ1n) is 8.06. The van der Waals surface area contributed by atoms with Crippen molar-refractivity contribution in [3.8, 4) is 0 Å². The molecule has 2 aromatic heterocycles. The smallest absolute Gasteiger partial charge is 0.251 e. The third-order valence-corrected chi connectivity index (χ3v) is 3.96. The number of hydrogen-bond donors (Lipinski definition) is 1. The van der Waals surface area contributed by atoms with Gasteiger partial charge in [-0.2, -0.15) is 0 Å². The zero-order valence-electron chi connectivity index (χ0n) is 13.9. The molecule has 1 amide bonds. The molecule has 0 saturated carbocycles. The van der Waals surface area contributed by atoms with Crippen LogP contribution in [-0.4, -0.2) is 27.4 Å². The molecule has 0 radical (unpaired) electrons. The molecule has 0 aliphatic carbocycles. The number of hydrogen-bond acceptors (Lipinski definition) is 4. The van der Waals surface area contributed by atoms with E-state index in [9.17, 15) is 4.79 Å². The van der Waals surface area contributed by atoms with Gasteiger partial charge in [0.2, 0.25) is 0 Å². The number of aryl methyl sites for hydroxylation is 3. The van der Waals surface area contributed by atoms with Crippen LogP contribution in [0.25, 0.3) is 11.0 Å². The average molecular weight is 320 g/mol. The second-order valence-electron chi connectivity index (χ2n) is 5.78. The minimum absolute atomic E-state index is 0.0852. The highest BCUT2D eigenvalue weighted by Gasteiger charge is 2.08. The van der Waals surface area contributed by atoms with Crippen molar-refractivity contribution in [3.63, 3.8) is 0 Å². The van der Waals surface area contributed by atoms with Gasteiger partial charge < -0.3 is 5.32 Å². The van der Waals surface area contributed by atoms with Gasteiger partial charge in [-0.3, -0.25) is 9.78 Å². The largest absolute Gasteiger partial charge is 0.352 e. The lowest BCUT2D eigenvalue weighted by atomic mass is 10.1. The quantitative estimate of drug-likeness (QED) is 0.734. The molecule has 3 rings (SSSR count). The fourth-order valence-electron chi connectivity index (χ4n) is 2.49. The van der Waals surface area contributed by atoms with Gasteiger partial charge in [0, 0.05) is 24.0 Å². The molecule has 0 unspecified atom stereocenters. The summed E-state index contributed by atoms with van der Waals surface area (Å²) in [5, 5.41) is 2.94. The van der Waals surface area contributed by atoms with Crippen LogP contribution < -0.4 is 5.32 Å². The first-order valence-corrected chi connectivity index (χ1v) is 8.06. The Morgan fingerprint density at radius 2 is 1.83 bits per heavy atom. The number of benzene rings is 1. The van der Waals surface area contributed by atoms with Crippen LogP contribution in [0.1, 0.15) is 33.9 Å². The number of carbonyl (C=O) groups excluding carboxylic acids is 1. The summed E-state index contributed by atoms with van der Waals surface area (Å²) in [5.74, 6) is -0.0852. The van der Waals surface area contributed by atoms with E-state index < -0.39 is 0 Å². The highest BCUT2D eigenvalue weighted by Crippen LogP contribution is 2.14. The number of pyridine rings is 1. The van der Waals surface area contributed by atoms with E-state index in [1.807, 2.05) is 38.1 Å². The van der Waals surface area contributed by atoms with Crippen LogP contribution in [0.5, 0.6) is 0 Å². The average Bonchev–Trinajstić information content (AvgIpc) is 2.60. The van der Waals surface area contributed by atoms with Crippen LogP contribution in [0.2, 0.25) is 0 Å². The number of nitrogens with zero attached hydrogens (tertiary/aromatic N) is 3. The molecular weight excluding hydrogens is 300 g/mol. The summed E-state index contributed by atoms with van der Waals surface area (Å²) in [6, 6.07) is 11.3. The molecule has 5 heteroatoms. The van der Waals surface area contributed by atoms with Crippen molar-refractivity contribution in [2.75, 3.05) is 6.54 Å². The Labute approximate surface area is 141 Å². The van der Waals surface area contributed by atoms with E-state index in [0.717, 1.165) is 41.0 Å². The molecule has 0 bridgehead atoms. The summed E-state index contributed by atoms with van der Waals surface area (Å²) in [7, 11) is 0. The van der Waals surface area contributed by atoms with Crippen LogP contribution in [-0.2, 0) is 6.42 Å². The molecule has 0 aliphatic heterocycles. The molecule has 0 aliphatic rings. The Balaban J connectivity index is 1.60. The number of rotatable bonds is 5. The molecule has 122 valence electrons. The number of amides is 1. The van der Waals surface area contributed by atoms with Gasteiger partial charge in [-0.1, -0.05) is 6.07 Å². The van der Waals surface area contributed by atoms with Gasteiger partial charge in [-0.05, 0) is 57.0 Å². The van der Waals surface area contributed by atoms with Crippen LogP contribution in [0, 0.1) is 13.8 Å². The van der Waals surface area contributed by atoms with Gasteiger partial charge in [0.15, 0.2) is 0 Å². The topological polar surface area (TPSA) is 67.8 Å². The highest BCUT2D eigenvalue weighted by molar-refractivity contribution is 5.97. The molecule has 2 heterocycles. The lowest BCUT2D eigenvalue weighted by Crippen LogP contribution is -2.24. The molecule has 24 heavy (non-hydrogen) atoms. The third-order valence-electron chi connectivity index (χ3n) is 3.96. The lowest BCUT2D eigenvalue weighted by molar-refractivity contribution is 0.0953. The van der Waals surface area contributed by atoms with Crippen molar-refractivity contribution in [1.29, 1.82) is 0 Å². The van der Waals surface area contributed by atoms with Gasteiger partial charge in [-0.25, -0.2) is 9.97 Å². The van der Waals surface area contributed by atoms with Crippen LogP contribution in [0.3, 0.4) is 0 Å². The molecule has 1 N–H and O–H groups in total. The zero-order valence-corrected chi connectivity index (χ0v) is 13.9. The Bertz CT molecular complexity index is 862. The monoisotopic (exact) mass is 320 g/mol. The Morgan fingerprint density at radius 3 is 2.58 bits per heavy atom. The van der Waals surface area contributed by atoms with Crippen LogP contribution >= 0.6 is 0 Å². The summed E-state index contributed by atoms with van der Waals surface area (Å²) in [5.41, 5.74) is 5.00. The van der Waals surface area contributed by atoms with Crippen molar-refractivity contribution in [1.82, 2.24) is 20.3 Å². The maximum Gasteiger partial charge on any atom is 0.251 e. The van der Waals surface area contributed by atoms with E-state index in [0.29, 0.717) is 12.1 Å². The molecule has 0 saturated heterocycles. The lowest BCUT2D eigenvalue weighted by Gasteiger charge is -2.07. The standard InChI is InChI=1S/C19H20N4O/c1-13-14(2)23-18-12-15(8-9-17(18)22-13)19(24)21-11-5-7-16-6-3-4-10-20-16/h3-4,6,8-10,12H,5,7,11H2,1-2H3,(H,21,24). The number of carbonyl (C=O) groups is 1. The van der Waals surface area contributed by atoms with E-state index in [2.05, 4.69) is 20.3 Å². The predicted octanol–water partition coefficient (Wildman–Crippen LogP) is 3.00. The van der Waals surface area contributed by atoms with E-state index in [4.69, 9.17) is 0 Å². The summed E-state index contributed by atoms with van der Waals surface area (Å²) in [4.78, 5) is 25.5. The SMILES string of the molecule is Cc1nc2ccc(C(=O)NCCCc3ccccn3)cc2nc1C. The molecular formula is C19H20N4O. The van der Waals surface area contributed by atoms with E-state index >= 15 is 0 Å². The number of fused-ring (bicyclic) bond motifs is 1. The Kier molecular flexibility index (Phi) is 4.79. The molecule has 5 nitrogen and oxygen atoms in total. The maximum absolute atomic E-state index is 12.3. The molecule has 0 fully saturated rings. The van der Waals surface area contributed by atoms with Gasteiger partial charge in [0.05, 0.1) is 22.4 Å². The van der Waals surface area contributed by atoms with Gasteiger partial charge >= 0.3 is 0 Å². The summed E-state index contributed by atoms with van der Waals surface area (Å²) in [6.45, 7) is 4.47. The van der Waals surface area contributed by atoms with E-state index in [-0.39, 0.29) is 5.91 Å². The van der Waals surface area contributed by atoms with Crippen LogP contribution in [0.15, 0.2) is 42.6 Å². The normalized spacial score (nSPS) is 10.8.